The molecule has 2 amide bonds. The molecule has 1 aromatic rings. The van der Waals surface area contributed by atoms with E-state index in [-0.39, 0.29) is 30.1 Å². The number of piperazine rings is 1. The molecule has 1 N–H and O–H groups in total. The van der Waals surface area contributed by atoms with Crippen LogP contribution in [0, 0.1) is 5.92 Å². The highest BCUT2D eigenvalue weighted by Crippen LogP contribution is 2.24. The van der Waals surface area contributed by atoms with Gasteiger partial charge in [0.05, 0.1) is 14.2 Å². The van der Waals surface area contributed by atoms with Gasteiger partial charge in [0.15, 0.2) is 0 Å². The summed E-state index contributed by atoms with van der Waals surface area (Å²) in [7, 11) is 3.13. The predicted octanol–water partition coefficient (Wildman–Crippen LogP) is 1.80. The number of hydrogen-bond donors (Lipinski definition) is 1. The second-order valence-corrected chi connectivity index (χ2v) is 7.30. The highest BCUT2D eigenvalue weighted by atomic mass is 35.5. The van der Waals surface area contributed by atoms with E-state index in [1.807, 2.05) is 4.90 Å². The van der Waals surface area contributed by atoms with E-state index in [1.165, 1.54) is 0 Å². The minimum Gasteiger partial charge on any atom is -0.497 e. The van der Waals surface area contributed by atoms with E-state index < -0.39 is 0 Å². The number of rotatable bonds is 4. The number of piperidine rings is 1. The summed E-state index contributed by atoms with van der Waals surface area (Å²) in [5.74, 6) is 1.46. The van der Waals surface area contributed by atoms with Gasteiger partial charge in [-0.3, -0.25) is 9.59 Å². The van der Waals surface area contributed by atoms with Crippen LogP contribution in [0.3, 0.4) is 0 Å². The lowest BCUT2D eigenvalue weighted by atomic mass is 9.92. The molecule has 0 aliphatic carbocycles. The average Bonchev–Trinajstić information content (AvgIpc) is 2.72. The summed E-state index contributed by atoms with van der Waals surface area (Å²) < 4.78 is 10.5. The molecule has 0 spiro atoms. The van der Waals surface area contributed by atoms with Crippen molar-refractivity contribution in [1.82, 2.24) is 15.1 Å². The monoisotopic (exact) mass is 411 g/mol. The molecule has 8 heteroatoms. The summed E-state index contributed by atoms with van der Waals surface area (Å²) in [6.07, 6.45) is 1.79. The Balaban J connectivity index is 0.00000280. The fourth-order valence-corrected chi connectivity index (χ4v) is 3.86. The molecule has 2 fully saturated rings. The molecular formula is C20H30ClN3O4. The van der Waals surface area contributed by atoms with Gasteiger partial charge in [-0.05, 0) is 38.4 Å². The number of benzene rings is 1. The summed E-state index contributed by atoms with van der Waals surface area (Å²) >= 11 is 0. The van der Waals surface area contributed by atoms with Gasteiger partial charge in [0.2, 0.25) is 5.91 Å². The number of nitrogens with one attached hydrogen (secondary N) is 1. The standard InChI is InChI=1S/C20H29N3O4.ClH/c1-14-10-15(4-5-21-14)19(24)22-6-8-23(9-7-22)20(25)16-11-17(26-2)13-18(12-16)27-3;/h11-15,21H,4-10H2,1-3H3;1H/t14-,15-;/m0./s1. The highest BCUT2D eigenvalue weighted by Gasteiger charge is 2.31. The topological polar surface area (TPSA) is 71.1 Å². The van der Waals surface area contributed by atoms with Crippen LogP contribution in [0.2, 0.25) is 0 Å². The van der Waals surface area contributed by atoms with Crippen molar-refractivity contribution in [2.75, 3.05) is 46.9 Å². The largest absolute Gasteiger partial charge is 0.497 e. The van der Waals surface area contributed by atoms with Crippen molar-refractivity contribution in [3.8, 4) is 11.5 Å². The smallest absolute Gasteiger partial charge is 0.254 e. The predicted molar refractivity (Wildman–Crippen MR) is 109 cm³/mol. The van der Waals surface area contributed by atoms with E-state index in [9.17, 15) is 9.59 Å². The number of methoxy groups -OCH3 is 2. The van der Waals surface area contributed by atoms with Crippen molar-refractivity contribution in [3.05, 3.63) is 23.8 Å². The fourth-order valence-electron chi connectivity index (χ4n) is 3.86. The summed E-state index contributed by atoms with van der Waals surface area (Å²) in [5, 5.41) is 3.38. The number of carbonyl (C=O) groups excluding carboxylic acids is 2. The molecule has 7 nitrogen and oxygen atoms in total. The molecule has 0 saturated carbocycles. The molecule has 0 aromatic heterocycles. The molecule has 2 aliphatic heterocycles. The zero-order chi connectivity index (χ0) is 19.4. The second kappa shape index (κ2) is 9.98. The molecule has 2 aliphatic rings. The molecule has 156 valence electrons. The Hall–Kier alpha value is -1.99. The molecule has 3 rings (SSSR count). The lowest BCUT2D eigenvalue weighted by Gasteiger charge is -2.38. The van der Waals surface area contributed by atoms with Crippen molar-refractivity contribution in [3.63, 3.8) is 0 Å². The van der Waals surface area contributed by atoms with E-state index in [0.717, 1.165) is 19.4 Å². The maximum absolute atomic E-state index is 12.9. The third-order valence-electron chi connectivity index (χ3n) is 5.45. The Labute approximate surface area is 172 Å². The van der Waals surface area contributed by atoms with Crippen molar-refractivity contribution in [1.29, 1.82) is 0 Å². The molecular weight excluding hydrogens is 382 g/mol. The van der Waals surface area contributed by atoms with Crippen LogP contribution in [-0.2, 0) is 4.79 Å². The van der Waals surface area contributed by atoms with Gasteiger partial charge in [0.1, 0.15) is 11.5 Å². The van der Waals surface area contributed by atoms with E-state index in [1.54, 1.807) is 37.3 Å². The zero-order valence-corrected chi connectivity index (χ0v) is 17.6. The van der Waals surface area contributed by atoms with Gasteiger partial charge in [-0.15, -0.1) is 12.4 Å². The van der Waals surface area contributed by atoms with Gasteiger partial charge in [-0.2, -0.15) is 0 Å². The molecule has 2 heterocycles. The SMILES string of the molecule is COc1cc(OC)cc(C(=O)N2CCN(C(=O)[C@H]3CCN[C@@H](C)C3)CC2)c1.Cl. The maximum atomic E-state index is 12.9. The molecule has 2 saturated heterocycles. The minimum atomic E-state index is -0.0604. The molecule has 0 bridgehead atoms. The molecule has 0 radical (unpaired) electrons. The number of carbonyl (C=O) groups is 2. The lowest BCUT2D eigenvalue weighted by molar-refractivity contribution is -0.138. The van der Waals surface area contributed by atoms with E-state index in [2.05, 4.69) is 12.2 Å². The minimum absolute atomic E-state index is 0. The molecule has 2 atom stereocenters. The summed E-state index contributed by atoms with van der Waals surface area (Å²) in [6.45, 7) is 5.29. The Bertz CT molecular complexity index is 670. The molecule has 28 heavy (non-hydrogen) atoms. The van der Waals surface area contributed by atoms with Crippen LogP contribution < -0.4 is 14.8 Å². The Morgan fingerprint density at radius 2 is 1.57 bits per heavy atom. The fraction of sp³-hybridized carbons (Fsp3) is 0.600. The van der Waals surface area contributed by atoms with Gasteiger partial charge < -0.3 is 24.6 Å². The quantitative estimate of drug-likeness (QED) is 0.818. The maximum Gasteiger partial charge on any atom is 0.254 e. The third kappa shape index (κ3) is 5.08. The first kappa shape index (κ1) is 22.3. The van der Waals surface area contributed by atoms with Crippen LogP contribution in [0.4, 0.5) is 0 Å². The van der Waals surface area contributed by atoms with Crippen molar-refractivity contribution < 1.29 is 19.1 Å². The van der Waals surface area contributed by atoms with Crippen LogP contribution in [0.1, 0.15) is 30.1 Å². The number of amides is 2. The van der Waals surface area contributed by atoms with Crippen molar-refractivity contribution in [2.24, 2.45) is 5.92 Å². The highest BCUT2D eigenvalue weighted by molar-refractivity contribution is 5.95. The van der Waals surface area contributed by atoms with Crippen LogP contribution in [0.5, 0.6) is 11.5 Å². The molecule has 0 unspecified atom stereocenters. The Morgan fingerprint density at radius 1 is 1.00 bits per heavy atom. The van der Waals surface area contributed by atoms with Crippen molar-refractivity contribution in [2.45, 2.75) is 25.8 Å². The molecule has 1 aromatic carbocycles. The number of hydrogen-bond acceptors (Lipinski definition) is 5. The van der Waals surface area contributed by atoms with Gasteiger partial charge in [0, 0.05) is 49.8 Å². The van der Waals surface area contributed by atoms with Gasteiger partial charge in [0.25, 0.3) is 5.91 Å². The first-order valence-electron chi connectivity index (χ1n) is 9.56. The first-order chi connectivity index (χ1) is 13.0. The summed E-state index contributed by atoms with van der Waals surface area (Å²) in [5.41, 5.74) is 0.540. The van der Waals surface area contributed by atoms with Crippen LogP contribution >= 0.6 is 12.4 Å². The van der Waals surface area contributed by atoms with Gasteiger partial charge >= 0.3 is 0 Å². The normalized spacial score (nSPS) is 22.2. The number of nitrogens with zero attached hydrogens (tertiary/aromatic N) is 2. The van der Waals surface area contributed by atoms with Crippen LogP contribution in [0.15, 0.2) is 18.2 Å². The lowest BCUT2D eigenvalue weighted by Crippen LogP contribution is -2.53. The van der Waals surface area contributed by atoms with Crippen LogP contribution in [0.25, 0.3) is 0 Å². The van der Waals surface area contributed by atoms with E-state index in [4.69, 9.17) is 9.47 Å². The van der Waals surface area contributed by atoms with Crippen molar-refractivity contribution >= 4 is 24.2 Å². The number of ether oxygens (including phenoxy) is 2. The number of halogens is 1. The van der Waals surface area contributed by atoms with Gasteiger partial charge in [-0.1, -0.05) is 0 Å². The Kier molecular flexibility index (Phi) is 7.95. The van der Waals surface area contributed by atoms with E-state index in [0.29, 0.717) is 49.3 Å². The second-order valence-electron chi connectivity index (χ2n) is 7.30. The van der Waals surface area contributed by atoms with E-state index >= 15 is 0 Å². The first-order valence-corrected chi connectivity index (χ1v) is 9.56. The summed E-state index contributed by atoms with van der Waals surface area (Å²) in [4.78, 5) is 29.3. The average molecular weight is 412 g/mol. The third-order valence-corrected chi connectivity index (χ3v) is 5.45. The summed E-state index contributed by atoms with van der Waals surface area (Å²) in [6, 6.07) is 5.57. The zero-order valence-electron chi connectivity index (χ0n) is 16.8. The van der Waals surface area contributed by atoms with Crippen LogP contribution in [-0.4, -0.2) is 74.6 Å². The van der Waals surface area contributed by atoms with Gasteiger partial charge in [-0.25, -0.2) is 0 Å². The Morgan fingerprint density at radius 3 is 2.11 bits per heavy atom.